The molecule has 2 aromatic carbocycles. The van der Waals surface area contributed by atoms with E-state index in [0.29, 0.717) is 5.92 Å². The summed E-state index contributed by atoms with van der Waals surface area (Å²) in [7, 11) is -0.387. The fourth-order valence-corrected chi connectivity index (χ4v) is 5.21. The van der Waals surface area contributed by atoms with Gasteiger partial charge in [0.05, 0.1) is 29.1 Å². The minimum absolute atomic E-state index is 0.0881. The van der Waals surface area contributed by atoms with E-state index in [9.17, 15) is 4.79 Å². The van der Waals surface area contributed by atoms with E-state index in [1.165, 1.54) is 0 Å². The average molecular weight is 485 g/mol. The third-order valence-corrected chi connectivity index (χ3v) is 8.18. The number of imidazole rings is 1. The molecule has 6 rings (SSSR count). The molecule has 7 nitrogen and oxygen atoms in total. The van der Waals surface area contributed by atoms with Gasteiger partial charge in [0.15, 0.2) is 0 Å². The number of nitrogens with zero attached hydrogens (tertiary/aromatic N) is 2. The Hall–Kier alpha value is -3.10. The quantitative estimate of drug-likeness (QED) is 0.523. The Morgan fingerprint density at radius 3 is 2.44 bits per heavy atom. The molecule has 0 bridgehead atoms. The summed E-state index contributed by atoms with van der Waals surface area (Å²) in [6, 6.07) is 18.1. The highest BCUT2D eigenvalue weighted by molar-refractivity contribution is 6.62. The number of rotatable bonds is 5. The van der Waals surface area contributed by atoms with Gasteiger partial charge in [0.25, 0.3) is 0 Å². The molecule has 2 aliphatic heterocycles. The highest BCUT2D eigenvalue weighted by Crippen LogP contribution is 2.53. The minimum Gasteiger partial charge on any atom is -0.445 e. The molecule has 186 valence electrons. The maximum absolute atomic E-state index is 13.0. The molecule has 0 radical (unpaired) electrons. The summed E-state index contributed by atoms with van der Waals surface area (Å²) in [5.41, 5.74) is 3.17. The molecule has 0 spiro atoms. The lowest BCUT2D eigenvalue weighted by Crippen LogP contribution is -2.41. The number of H-pyrrole nitrogens is 1. The Labute approximate surface area is 212 Å². The van der Waals surface area contributed by atoms with E-state index < -0.39 is 0 Å². The van der Waals surface area contributed by atoms with Crippen LogP contribution in [0.1, 0.15) is 58.0 Å². The van der Waals surface area contributed by atoms with E-state index in [-0.39, 0.29) is 43.1 Å². The molecule has 3 aliphatic rings. The Kier molecular flexibility index (Phi) is 5.50. The monoisotopic (exact) mass is 485 g/mol. The van der Waals surface area contributed by atoms with Crippen LogP contribution in [0.15, 0.2) is 60.8 Å². The van der Waals surface area contributed by atoms with Gasteiger partial charge in [-0.3, -0.25) is 4.90 Å². The van der Waals surface area contributed by atoms with Gasteiger partial charge in [-0.2, -0.15) is 0 Å². The highest BCUT2D eigenvalue weighted by Gasteiger charge is 2.56. The smallest absolute Gasteiger partial charge is 0.445 e. The summed E-state index contributed by atoms with van der Waals surface area (Å²) in [6.07, 6.45) is 3.54. The summed E-state index contributed by atoms with van der Waals surface area (Å²) in [5, 5.41) is 0. The number of carbonyl (C=O) groups is 1. The van der Waals surface area contributed by atoms with Gasteiger partial charge in [-0.05, 0) is 63.0 Å². The lowest BCUT2D eigenvalue weighted by atomic mass is 9.79. The number of ether oxygens (including phenoxy) is 1. The van der Waals surface area contributed by atoms with Gasteiger partial charge in [-0.25, -0.2) is 9.78 Å². The molecule has 1 aromatic heterocycles. The van der Waals surface area contributed by atoms with Crippen molar-refractivity contribution in [2.45, 2.75) is 70.4 Å². The average Bonchev–Trinajstić information content (AvgIpc) is 3.19. The SMILES string of the molecule is CC1(C)OB(c2ccc(-c3cnc([C@@H]4C[C@H]5CC5N4C(=O)OCc4ccccc4)[nH]3)cc2)OC1(C)C. The third-order valence-electron chi connectivity index (χ3n) is 8.18. The largest absolute Gasteiger partial charge is 0.494 e. The predicted molar refractivity (Wildman–Crippen MR) is 137 cm³/mol. The molecule has 1 saturated carbocycles. The first kappa shape index (κ1) is 23.3. The van der Waals surface area contributed by atoms with Crippen LogP contribution >= 0.6 is 0 Å². The molecular weight excluding hydrogens is 453 g/mol. The first-order valence-corrected chi connectivity index (χ1v) is 12.7. The Balaban J connectivity index is 1.15. The number of benzene rings is 2. The predicted octanol–water partition coefficient (Wildman–Crippen LogP) is 4.85. The van der Waals surface area contributed by atoms with Crippen LogP contribution < -0.4 is 5.46 Å². The Bertz CT molecular complexity index is 1240. The van der Waals surface area contributed by atoms with Gasteiger partial charge in [0.2, 0.25) is 0 Å². The fraction of sp³-hybridized carbons (Fsp3) is 0.429. The number of piperidine rings is 1. The molecule has 1 aliphatic carbocycles. The van der Waals surface area contributed by atoms with Crippen molar-refractivity contribution in [3.63, 3.8) is 0 Å². The number of aromatic nitrogens is 2. The molecule has 1 amide bonds. The van der Waals surface area contributed by atoms with Crippen LogP contribution in [0.5, 0.6) is 0 Å². The van der Waals surface area contributed by atoms with E-state index in [2.05, 4.69) is 49.8 Å². The van der Waals surface area contributed by atoms with Crippen molar-refractivity contribution in [1.82, 2.24) is 14.9 Å². The van der Waals surface area contributed by atoms with Crippen LogP contribution in [0.2, 0.25) is 0 Å². The number of aromatic amines is 1. The zero-order valence-corrected chi connectivity index (χ0v) is 21.2. The highest BCUT2D eigenvalue weighted by atomic mass is 16.7. The van der Waals surface area contributed by atoms with Crippen LogP contribution in [0.3, 0.4) is 0 Å². The Morgan fingerprint density at radius 2 is 1.75 bits per heavy atom. The number of fused-ring (bicyclic) bond motifs is 1. The summed E-state index contributed by atoms with van der Waals surface area (Å²) in [5.74, 6) is 1.34. The number of hydrogen-bond donors (Lipinski definition) is 1. The lowest BCUT2D eigenvalue weighted by Gasteiger charge is -2.32. The zero-order valence-electron chi connectivity index (χ0n) is 21.2. The van der Waals surface area contributed by atoms with Crippen molar-refractivity contribution < 1.29 is 18.8 Å². The second-order valence-corrected chi connectivity index (χ2v) is 11.2. The number of carbonyl (C=O) groups excluding carboxylic acids is 1. The fourth-order valence-electron chi connectivity index (χ4n) is 5.21. The van der Waals surface area contributed by atoms with Crippen LogP contribution in [-0.4, -0.2) is 45.3 Å². The van der Waals surface area contributed by atoms with E-state index in [1.54, 1.807) is 0 Å². The molecule has 3 heterocycles. The third kappa shape index (κ3) is 4.12. The van der Waals surface area contributed by atoms with E-state index in [4.69, 9.17) is 14.0 Å². The standard InChI is InChI=1S/C28H32BN3O4/c1-27(2)28(3,4)36-29(35-27)21-12-10-19(11-13-21)22-16-30-25(31-22)24-15-20-14-23(20)32(24)26(33)34-17-18-8-6-5-7-9-18/h5-13,16,20,23-24H,14-15,17H2,1-4H3,(H,30,31)/t20-,23?,24+/m1/s1. The number of likely N-dealkylation sites (tertiary alicyclic amines) is 1. The van der Waals surface area contributed by atoms with Crippen molar-refractivity contribution in [1.29, 1.82) is 0 Å². The molecular formula is C28H32BN3O4. The van der Waals surface area contributed by atoms with Gasteiger partial charge < -0.3 is 19.0 Å². The number of amides is 1. The topological polar surface area (TPSA) is 76.7 Å². The van der Waals surface area contributed by atoms with Gasteiger partial charge in [-0.15, -0.1) is 0 Å². The lowest BCUT2D eigenvalue weighted by molar-refractivity contribution is 0.00578. The summed E-state index contributed by atoms with van der Waals surface area (Å²) >= 11 is 0. The zero-order chi connectivity index (χ0) is 25.1. The maximum Gasteiger partial charge on any atom is 0.494 e. The minimum atomic E-state index is -0.387. The molecule has 3 aromatic rings. The number of nitrogens with one attached hydrogen (secondary N) is 1. The van der Waals surface area contributed by atoms with Gasteiger partial charge in [0.1, 0.15) is 12.4 Å². The number of hydrogen-bond acceptors (Lipinski definition) is 5. The second kappa shape index (κ2) is 8.49. The summed E-state index contributed by atoms with van der Waals surface area (Å²) in [4.78, 5) is 23.0. The Morgan fingerprint density at radius 1 is 1.06 bits per heavy atom. The maximum atomic E-state index is 13.0. The van der Waals surface area contributed by atoms with Crippen LogP contribution in [0.25, 0.3) is 11.3 Å². The van der Waals surface area contributed by atoms with Crippen LogP contribution in [-0.2, 0) is 20.7 Å². The molecule has 1 unspecified atom stereocenters. The second-order valence-electron chi connectivity index (χ2n) is 11.2. The molecule has 3 fully saturated rings. The van der Waals surface area contributed by atoms with E-state index in [1.807, 2.05) is 53.6 Å². The molecule has 36 heavy (non-hydrogen) atoms. The van der Waals surface area contributed by atoms with Crippen LogP contribution in [0, 0.1) is 5.92 Å². The molecule has 2 saturated heterocycles. The van der Waals surface area contributed by atoms with E-state index >= 15 is 0 Å². The normalized spacial score (nSPS) is 25.6. The summed E-state index contributed by atoms with van der Waals surface area (Å²) < 4.78 is 18.0. The van der Waals surface area contributed by atoms with Crippen molar-refractivity contribution in [3.05, 3.63) is 72.2 Å². The van der Waals surface area contributed by atoms with Gasteiger partial charge >= 0.3 is 13.2 Å². The first-order chi connectivity index (χ1) is 17.2. The van der Waals surface area contributed by atoms with Crippen molar-refractivity contribution in [2.24, 2.45) is 5.92 Å². The van der Waals surface area contributed by atoms with Crippen molar-refractivity contribution in [3.8, 4) is 11.3 Å². The molecule has 3 atom stereocenters. The van der Waals surface area contributed by atoms with Crippen molar-refractivity contribution in [2.75, 3.05) is 0 Å². The summed E-state index contributed by atoms with van der Waals surface area (Å²) in [6.45, 7) is 8.50. The van der Waals surface area contributed by atoms with Gasteiger partial charge in [0, 0.05) is 6.04 Å². The first-order valence-electron chi connectivity index (χ1n) is 12.7. The van der Waals surface area contributed by atoms with Crippen molar-refractivity contribution >= 4 is 18.7 Å². The van der Waals surface area contributed by atoms with Gasteiger partial charge in [-0.1, -0.05) is 54.6 Å². The van der Waals surface area contributed by atoms with Crippen LogP contribution in [0.4, 0.5) is 4.79 Å². The molecule has 8 heteroatoms. The molecule has 1 N–H and O–H groups in total. The van der Waals surface area contributed by atoms with E-state index in [0.717, 1.165) is 40.9 Å².